The number of halogens is 1. The van der Waals surface area contributed by atoms with Crippen molar-refractivity contribution in [1.82, 2.24) is 3.11 Å². The van der Waals surface area contributed by atoms with Gasteiger partial charge in [-0.25, -0.2) is 3.11 Å². The van der Waals surface area contributed by atoms with Gasteiger partial charge in [-0.2, -0.15) is 0 Å². The summed E-state index contributed by atoms with van der Waals surface area (Å²) < 4.78 is 2.39. The molecule has 0 spiro atoms. The summed E-state index contributed by atoms with van der Waals surface area (Å²) in [5.41, 5.74) is 0.289. The Balaban J connectivity index is 3.24. The third-order valence-electron chi connectivity index (χ3n) is 2.49. The van der Waals surface area contributed by atoms with Crippen molar-refractivity contribution >= 4 is 22.9 Å². The molecule has 0 aliphatic heterocycles. The molecule has 0 rings (SSSR count). The number of aliphatic hydroxyl groups excluding tert-OH is 1. The van der Waals surface area contributed by atoms with Crippen molar-refractivity contribution in [3.05, 3.63) is 0 Å². The first kappa shape index (κ1) is 15.7. The molecule has 0 aliphatic carbocycles. The van der Waals surface area contributed by atoms with Gasteiger partial charge in [-0.3, -0.25) is 0 Å². The molecule has 92 valence electrons. The van der Waals surface area contributed by atoms with Crippen molar-refractivity contribution < 1.29 is 5.11 Å². The van der Waals surface area contributed by atoms with E-state index < -0.39 is 0 Å². The second-order valence-electron chi connectivity index (χ2n) is 5.10. The lowest BCUT2D eigenvalue weighted by Gasteiger charge is -2.29. The predicted molar refractivity (Wildman–Crippen MR) is 75.3 cm³/mol. The van der Waals surface area contributed by atoms with Gasteiger partial charge in [-0.15, -0.1) is 0 Å². The molecule has 0 aliphatic rings. The summed E-state index contributed by atoms with van der Waals surface area (Å²) in [7, 11) is 0. The molecule has 1 N–H and O–H groups in total. The molecule has 2 nitrogen and oxygen atoms in total. The highest BCUT2D eigenvalue weighted by Crippen LogP contribution is 2.19. The largest absolute Gasteiger partial charge is 0.396 e. The molecular formula is C12H26INO. The van der Waals surface area contributed by atoms with Crippen LogP contribution in [-0.2, 0) is 0 Å². The Bertz CT molecular complexity index is 145. The predicted octanol–water partition coefficient (Wildman–Crippen LogP) is 3.77. The fourth-order valence-electron chi connectivity index (χ4n) is 1.40. The molecule has 0 unspecified atom stereocenters. The van der Waals surface area contributed by atoms with Crippen LogP contribution in [0.2, 0.25) is 0 Å². The van der Waals surface area contributed by atoms with E-state index in [0.717, 1.165) is 6.42 Å². The van der Waals surface area contributed by atoms with Gasteiger partial charge in [-0.05, 0) is 33.6 Å². The summed E-state index contributed by atoms with van der Waals surface area (Å²) >= 11 is 2.42. The molecule has 0 heterocycles. The van der Waals surface area contributed by atoms with Crippen molar-refractivity contribution in [2.45, 2.75) is 64.8 Å². The van der Waals surface area contributed by atoms with Crippen LogP contribution in [0.3, 0.4) is 0 Å². The van der Waals surface area contributed by atoms with Gasteiger partial charge in [-0.1, -0.05) is 25.7 Å². The lowest BCUT2D eigenvalue weighted by molar-refractivity contribution is 0.280. The lowest BCUT2D eigenvalue weighted by Crippen LogP contribution is -2.33. The van der Waals surface area contributed by atoms with Crippen molar-refractivity contribution in [2.24, 2.45) is 0 Å². The molecule has 0 aromatic rings. The maximum absolute atomic E-state index is 8.62. The number of hydrogen-bond donors (Lipinski definition) is 1. The number of rotatable bonds is 8. The van der Waals surface area contributed by atoms with Crippen LogP contribution in [0.15, 0.2) is 0 Å². The zero-order valence-electron chi connectivity index (χ0n) is 10.4. The molecule has 0 atom stereocenters. The Morgan fingerprint density at radius 1 is 0.933 bits per heavy atom. The van der Waals surface area contributed by atoms with E-state index in [1.54, 1.807) is 0 Å². The summed E-state index contributed by atoms with van der Waals surface area (Å²) in [6, 6.07) is 0. The van der Waals surface area contributed by atoms with Gasteiger partial charge in [0.15, 0.2) is 0 Å². The first-order chi connectivity index (χ1) is 6.98. The Kier molecular flexibility index (Phi) is 9.14. The zero-order valence-corrected chi connectivity index (χ0v) is 12.6. The van der Waals surface area contributed by atoms with E-state index in [0.29, 0.717) is 6.61 Å². The van der Waals surface area contributed by atoms with Crippen molar-refractivity contribution in [2.75, 3.05) is 13.2 Å². The Labute approximate surface area is 109 Å². The maximum atomic E-state index is 8.62. The van der Waals surface area contributed by atoms with Crippen molar-refractivity contribution in [3.8, 4) is 0 Å². The normalized spacial score (nSPS) is 12.4. The topological polar surface area (TPSA) is 23.5 Å². The highest BCUT2D eigenvalue weighted by Gasteiger charge is 2.17. The molecule has 0 saturated heterocycles. The summed E-state index contributed by atoms with van der Waals surface area (Å²) in [4.78, 5) is 0. The minimum absolute atomic E-state index is 0.289. The summed E-state index contributed by atoms with van der Waals surface area (Å²) in [6.07, 6.45) is 7.36. The average molecular weight is 327 g/mol. The van der Waals surface area contributed by atoms with Crippen LogP contribution in [-0.4, -0.2) is 26.9 Å². The van der Waals surface area contributed by atoms with E-state index in [2.05, 4.69) is 46.7 Å². The second kappa shape index (κ2) is 8.76. The van der Waals surface area contributed by atoms with Crippen LogP contribution >= 0.6 is 22.9 Å². The minimum Gasteiger partial charge on any atom is -0.396 e. The SMILES string of the molecule is CC(C)(C)N(I)CCCCCCCCO. The minimum atomic E-state index is 0.289. The van der Waals surface area contributed by atoms with E-state index >= 15 is 0 Å². The summed E-state index contributed by atoms with van der Waals surface area (Å²) in [5, 5.41) is 8.62. The number of aliphatic hydroxyl groups is 1. The number of hydrogen-bond acceptors (Lipinski definition) is 2. The highest BCUT2D eigenvalue weighted by atomic mass is 127. The van der Waals surface area contributed by atoms with Crippen LogP contribution in [0.5, 0.6) is 0 Å². The molecule has 0 fully saturated rings. The zero-order chi connectivity index (χ0) is 11.7. The van der Waals surface area contributed by atoms with Gasteiger partial charge >= 0.3 is 0 Å². The summed E-state index contributed by atoms with van der Waals surface area (Å²) in [5.74, 6) is 0. The molecule has 0 saturated carbocycles. The summed E-state index contributed by atoms with van der Waals surface area (Å²) in [6.45, 7) is 8.29. The van der Waals surface area contributed by atoms with Gasteiger partial charge in [0.1, 0.15) is 0 Å². The Morgan fingerprint density at radius 3 is 1.87 bits per heavy atom. The van der Waals surface area contributed by atoms with Crippen molar-refractivity contribution in [3.63, 3.8) is 0 Å². The van der Waals surface area contributed by atoms with Crippen LogP contribution in [0, 0.1) is 0 Å². The third kappa shape index (κ3) is 9.57. The quantitative estimate of drug-likeness (QED) is 0.417. The fourth-order valence-corrected chi connectivity index (χ4v) is 1.75. The molecule has 0 aromatic carbocycles. The molecule has 0 amide bonds. The van der Waals surface area contributed by atoms with E-state index in [9.17, 15) is 0 Å². The molecule has 0 aromatic heterocycles. The van der Waals surface area contributed by atoms with Gasteiger partial charge in [0.2, 0.25) is 0 Å². The number of unbranched alkanes of at least 4 members (excludes halogenated alkanes) is 5. The fraction of sp³-hybridized carbons (Fsp3) is 1.00. The lowest BCUT2D eigenvalue weighted by atomic mass is 10.1. The average Bonchev–Trinajstić information content (AvgIpc) is 2.14. The van der Waals surface area contributed by atoms with Crippen LogP contribution in [0.1, 0.15) is 59.3 Å². The molecule has 0 bridgehead atoms. The molecule has 0 radical (unpaired) electrons. The maximum Gasteiger partial charge on any atom is 0.0431 e. The second-order valence-corrected chi connectivity index (χ2v) is 6.27. The Hall–Kier alpha value is 0.650. The molecule has 15 heavy (non-hydrogen) atoms. The standard InChI is InChI=1S/C12H26INO/c1-12(2,3)14(13)10-8-6-4-5-7-9-11-15/h15H,4-11H2,1-3H3. The smallest absolute Gasteiger partial charge is 0.0431 e. The molecular weight excluding hydrogens is 301 g/mol. The van der Waals surface area contributed by atoms with Crippen LogP contribution in [0.4, 0.5) is 0 Å². The van der Waals surface area contributed by atoms with E-state index in [1.165, 1.54) is 38.6 Å². The van der Waals surface area contributed by atoms with E-state index in [-0.39, 0.29) is 5.54 Å². The van der Waals surface area contributed by atoms with Crippen molar-refractivity contribution in [1.29, 1.82) is 0 Å². The first-order valence-electron chi connectivity index (χ1n) is 6.03. The van der Waals surface area contributed by atoms with Crippen LogP contribution < -0.4 is 0 Å². The van der Waals surface area contributed by atoms with E-state index in [4.69, 9.17) is 5.11 Å². The van der Waals surface area contributed by atoms with Gasteiger partial charge in [0.25, 0.3) is 0 Å². The monoisotopic (exact) mass is 327 g/mol. The first-order valence-corrected chi connectivity index (χ1v) is 6.99. The highest BCUT2D eigenvalue weighted by molar-refractivity contribution is 14.1. The van der Waals surface area contributed by atoms with Crippen LogP contribution in [0.25, 0.3) is 0 Å². The number of nitrogens with zero attached hydrogens (tertiary/aromatic N) is 1. The van der Waals surface area contributed by atoms with Gasteiger partial charge in [0, 0.05) is 41.6 Å². The third-order valence-corrected chi connectivity index (χ3v) is 4.42. The molecule has 3 heteroatoms. The van der Waals surface area contributed by atoms with E-state index in [1.807, 2.05) is 0 Å². The van der Waals surface area contributed by atoms with Gasteiger partial charge < -0.3 is 5.11 Å². The Morgan fingerprint density at radius 2 is 1.40 bits per heavy atom. The van der Waals surface area contributed by atoms with Gasteiger partial charge in [0.05, 0.1) is 0 Å².